The molecule has 5 aliphatic heterocycles. The molecule has 4 bridgehead atoms. The van der Waals surface area contributed by atoms with Gasteiger partial charge in [-0.15, -0.1) is 0 Å². The molecule has 8 aliphatic rings. The number of hydrogen-bond acceptors (Lipinski definition) is 8. The lowest BCUT2D eigenvalue weighted by Crippen LogP contribution is -2.61. The van der Waals surface area contributed by atoms with Gasteiger partial charge in [-0.25, -0.2) is 9.37 Å². The zero-order valence-electron chi connectivity index (χ0n) is 33.0. The number of morpholine rings is 1. The van der Waals surface area contributed by atoms with Crippen LogP contribution in [0.15, 0.2) is 35.9 Å². The van der Waals surface area contributed by atoms with E-state index in [-0.39, 0.29) is 22.3 Å². The Kier molecular flexibility index (Phi) is 10.4. The molecule has 3 aliphatic carbocycles. The average molecular weight is 776 g/mol. The summed E-state index contributed by atoms with van der Waals surface area (Å²) in [7, 11) is 1.96. The predicted molar refractivity (Wildman–Crippen MR) is 213 cm³/mol. The lowest BCUT2D eigenvalue weighted by atomic mass is 9.57. The highest BCUT2D eigenvalue weighted by molar-refractivity contribution is 6.30. The molecule has 9 nitrogen and oxygen atoms in total. The second kappa shape index (κ2) is 15.2. The number of rotatable bonds is 4. The van der Waals surface area contributed by atoms with E-state index in [0.29, 0.717) is 84.6 Å². The highest BCUT2D eigenvalue weighted by atomic mass is 35.5. The molecule has 1 N–H and O–H groups in total. The summed E-state index contributed by atoms with van der Waals surface area (Å²) in [5.74, 6) is 2.80. The van der Waals surface area contributed by atoms with Crippen molar-refractivity contribution in [2.75, 3.05) is 84.2 Å². The highest BCUT2D eigenvalue weighted by Crippen LogP contribution is 2.54. The molecule has 11 heteroatoms. The molecular formula is C44H59ClFN5O4. The monoisotopic (exact) mass is 775 g/mol. The third-order valence-corrected chi connectivity index (χ3v) is 15.5. The summed E-state index contributed by atoms with van der Waals surface area (Å²) in [5.41, 5.74) is 2.76. The molecule has 6 heterocycles. The summed E-state index contributed by atoms with van der Waals surface area (Å²) in [4.78, 5) is 26.5. The van der Waals surface area contributed by atoms with E-state index in [0.717, 1.165) is 90.1 Å². The fourth-order valence-electron chi connectivity index (χ4n) is 11.4. The van der Waals surface area contributed by atoms with Crippen molar-refractivity contribution in [3.63, 3.8) is 0 Å². The smallest absolute Gasteiger partial charge is 0.269 e. The van der Waals surface area contributed by atoms with Crippen molar-refractivity contribution in [2.45, 2.75) is 82.3 Å². The van der Waals surface area contributed by atoms with E-state index in [1.54, 1.807) is 12.1 Å². The van der Waals surface area contributed by atoms with Crippen LogP contribution in [-0.2, 0) is 21.3 Å². The Morgan fingerprint density at radius 3 is 2.62 bits per heavy atom. The number of halogens is 2. The van der Waals surface area contributed by atoms with Crippen molar-refractivity contribution in [1.82, 2.24) is 20.1 Å². The van der Waals surface area contributed by atoms with Crippen molar-refractivity contribution in [1.29, 1.82) is 0 Å². The normalized spacial score (nSPS) is 34.6. The number of methoxy groups -OCH3 is 1. The maximum absolute atomic E-state index is 15.6. The molecule has 1 amide bonds. The van der Waals surface area contributed by atoms with Crippen LogP contribution in [0.2, 0.25) is 5.02 Å². The van der Waals surface area contributed by atoms with E-state index >= 15 is 4.39 Å². The number of fused-ring (bicyclic) bond motifs is 6. The third-order valence-electron chi connectivity index (χ3n) is 15.2. The molecule has 2 saturated heterocycles. The number of nitrogens with zero attached hydrogens (tertiary/aromatic N) is 4. The fourth-order valence-corrected chi connectivity index (χ4v) is 11.6. The van der Waals surface area contributed by atoms with E-state index in [2.05, 4.69) is 39.9 Å². The topological polar surface area (TPSA) is 79.4 Å². The predicted octanol–water partition coefficient (Wildman–Crippen LogP) is 6.52. The number of anilines is 1. The minimum atomic E-state index is -0.444. The number of pyridine rings is 1. The first kappa shape index (κ1) is 37.8. The van der Waals surface area contributed by atoms with E-state index < -0.39 is 5.41 Å². The van der Waals surface area contributed by atoms with Gasteiger partial charge in [0.2, 0.25) is 0 Å². The summed E-state index contributed by atoms with van der Waals surface area (Å²) in [5, 5.41) is 3.39. The Labute approximate surface area is 331 Å². The first-order chi connectivity index (χ1) is 26.7. The molecule has 298 valence electrons. The molecule has 3 fully saturated rings. The molecule has 1 aromatic heterocycles. The number of aromatic nitrogens is 1. The maximum atomic E-state index is 15.6. The zero-order valence-corrected chi connectivity index (χ0v) is 33.7. The Hall–Kier alpha value is -2.76. The molecule has 1 spiro atoms. The van der Waals surface area contributed by atoms with E-state index in [9.17, 15) is 4.79 Å². The average Bonchev–Trinajstić information content (AvgIpc) is 3.33. The number of carbonyl (C=O) groups is 1. The largest absolute Gasteiger partial charge is 0.489 e. The molecule has 1 aromatic carbocycles. The molecule has 0 radical (unpaired) electrons. The second-order valence-corrected chi connectivity index (χ2v) is 18.4. The van der Waals surface area contributed by atoms with Crippen LogP contribution in [0.3, 0.4) is 0 Å². The molecule has 0 unspecified atom stereocenters. The molecule has 10 rings (SSSR count). The number of nitrogens with one attached hydrogen (secondary N) is 1. The number of carbonyl (C=O) groups excluding carboxylic acids is 1. The highest BCUT2D eigenvalue weighted by Gasteiger charge is 2.55. The van der Waals surface area contributed by atoms with E-state index in [1.165, 1.54) is 18.4 Å². The van der Waals surface area contributed by atoms with Crippen LogP contribution in [0.5, 0.6) is 5.75 Å². The standard InChI is InChI=1S/C44H59ClFN5O4/c1-28-23-47-42(52)38-10-11-39-41(48-38)51(25-43(27-55-39)14-4-5-34-36(43)8-9-37(45)40(34)46)24-30-6-7-35(30)44(53-3,32-21-31(22-32)29(28)2)26-49-15-12-33(13-16-49)50-17-19-54-20-18-50/h8-11,21,28-31,33,35H,4-7,12-20,22-27H2,1-3H3,(H,47,52)/t28-,29+,30-,31-,35+,43-,44-/m0/s1. The minimum absolute atomic E-state index is 0.158. The SMILES string of the molecule is CO[C@@]1(CN2CCC(N3CCOCC3)CC2)C2=C[C@@H](C2)[C@H](C)[C@@H](C)CNC(=O)c2ccc3c(n2)N(C[C@@H]2CC[C@H]21)C[C@@]1(CCCc2c1ccc(Cl)c2F)CO3. The molecule has 7 atom stereocenters. The van der Waals surface area contributed by atoms with Crippen molar-refractivity contribution in [2.24, 2.45) is 29.6 Å². The Morgan fingerprint density at radius 2 is 1.87 bits per heavy atom. The van der Waals surface area contributed by atoms with Crippen molar-refractivity contribution >= 4 is 23.3 Å². The fraction of sp³-hybridized carbons (Fsp3) is 0.682. The Bertz CT molecular complexity index is 1800. The van der Waals surface area contributed by atoms with Crippen molar-refractivity contribution in [3.8, 4) is 5.75 Å². The van der Waals surface area contributed by atoms with Gasteiger partial charge in [0, 0.05) is 57.8 Å². The maximum Gasteiger partial charge on any atom is 0.269 e. The van der Waals surface area contributed by atoms with Crippen LogP contribution < -0.4 is 15.0 Å². The summed E-state index contributed by atoms with van der Waals surface area (Å²) in [6.45, 7) is 13.8. The van der Waals surface area contributed by atoms with Gasteiger partial charge in [0.1, 0.15) is 17.1 Å². The van der Waals surface area contributed by atoms with Crippen LogP contribution in [0.1, 0.15) is 80.4 Å². The number of ether oxygens (including phenoxy) is 3. The first-order valence-electron chi connectivity index (χ1n) is 21.1. The molecule has 2 aromatic rings. The van der Waals surface area contributed by atoms with Gasteiger partial charge in [0.15, 0.2) is 11.6 Å². The van der Waals surface area contributed by atoms with Gasteiger partial charge in [-0.1, -0.05) is 37.6 Å². The van der Waals surface area contributed by atoms with Crippen molar-refractivity contribution in [3.05, 3.63) is 63.6 Å². The lowest BCUT2D eigenvalue weighted by molar-refractivity contribution is -0.109. The summed E-state index contributed by atoms with van der Waals surface area (Å²) >= 11 is 6.34. The lowest BCUT2D eigenvalue weighted by Gasteiger charge is -2.56. The van der Waals surface area contributed by atoms with Crippen LogP contribution in [0, 0.1) is 35.4 Å². The van der Waals surface area contributed by atoms with Crippen LogP contribution in [0.25, 0.3) is 0 Å². The summed E-state index contributed by atoms with van der Waals surface area (Å²) < 4.78 is 34.9. The quantitative estimate of drug-likeness (QED) is 0.353. The van der Waals surface area contributed by atoms with Crippen molar-refractivity contribution < 1.29 is 23.4 Å². The van der Waals surface area contributed by atoms with Crippen LogP contribution >= 0.6 is 11.6 Å². The van der Waals surface area contributed by atoms with E-state index in [1.807, 2.05) is 19.2 Å². The minimum Gasteiger partial charge on any atom is -0.489 e. The molecule has 1 saturated carbocycles. The van der Waals surface area contributed by atoms with Gasteiger partial charge in [-0.3, -0.25) is 14.6 Å². The summed E-state index contributed by atoms with van der Waals surface area (Å²) in [6, 6.07) is 8.07. The third kappa shape index (κ3) is 6.79. The van der Waals surface area contributed by atoms with Gasteiger partial charge >= 0.3 is 0 Å². The number of allylic oxidation sites excluding steroid dienone is 1. The number of likely N-dealkylation sites (tertiary alicyclic amines) is 1. The van der Waals surface area contributed by atoms with Gasteiger partial charge in [-0.05, 0) is 129 Å². The van der Waals surface area contributed by atoms with E-state index in [4.69, 9.17) is 30.8 Å². The first-order valence-corrected chi connectivity index (χ1v) is 21.5. The molecule has 55 heavy (non-hydrogen) atoms. The number of piperidine rings is 1. The molecular weight excluding hydrogens is 717 g/mol. The van der Waals surface area contributed by atoms with Gasteiger partial charge in [0.05, 0.1) is 24.8 Å². The summed E-state index contributed by atoms with van der Waals surface area (Å²) in [6.07, 6.45) is 10.6. The number of hydrogen-bond donors (Lipinski definition) is 1. The van der Waals surface area contributed by atoms with Gasteiger partial charge in [-0.2, -0.15) is 0 Å². The second-order valence-electron chi connectivity index (χ2n) is 18.0. The van der Waals surface area contributed by atoms with Crippen LogP contribution in [-0.4, -0.2) is 112 Å². The van der Waals surface area contributed by atoms with Gasteiger partial charge in [0.25, 0.3) is 5.91 Å². The van der Waals surface area contributed by atoms with Gasteiger partial charge < -0.3 is 24.4 Å². The zero-order chi connectivity index (χ0) is 37.9. The Balaban J connectivity index is 1.07. The number of amides is 1. The number of benzene rings is 1. The van der Waals surface area contributed by atoms with Crippen LogP contribution in [0.4, 0.5) is 10.2 Å². The Morgan fingerprint density at radius 1 is 1.07 bits per heavy atom.